The predicted octanol–water partition coefficient (Wildman–Crippen LogP) is 4.14. The summed E-state index contributed by atoms with van der Waals surface area (Å²) in [6, 6.07) is 12.2. The van der Waals surface area contributed by atoms with Crippen LogP contribution in [0.2, 0.25) is 10.0 Å². The van der Waals surface area contributed by atoms with E-state index < -0.39 is 5.91 Å². The van der Waals surface area contributed by atoms with E-state index >= 15 is 0 Å². The highest BCUT2D eigenvalue weighted by Crippen LogP contribution is 2.21. The van der Waals surface area contributed by atoms with Crippen LogP contribution in [-0.2, 0) is 11.3 Å². The van der Waals surface area contributed by atoms with Crippen LogP contribution >= 0.6 is 39.1 Å². The lowest BCUT2D eigenvalue weighted by atomic mass is 10.2. The third-order valence-electron chi connectivity index (χ3n) is 3.37. The van der Waals surface area contributed by atoms with Crippen molar-refractivity contribution in [2.75, 3.05) is 13.6 Å². The van der Waals surface area contributed by atoms with Gasteiger partial charge in [-0.15, -0.1) is 0 Å². The molecule has 0 saturated carbocycles. The molecule has 0 fully saturated rings. The van der Waals surface area contributed by atoms with Crippen LogP contribution in [0.3, 0.4) is 0 Å². The summed E-state index contributed by atoms with van der Waals surface area (Å²) in [5.74, 6) is -0.622. The Labute approximate surface area is 158 Å². The third-order valence-corrected chi connectivity index (χ3v) is 4.69. The van der Waals surface area contributed by atoms with Crippen molar-refractivity contribution in [3.63, 3.8) is 0 Å². The highest BCUT2D eigenvalue weighted by atomic mass is 79.9. The second-order valence-electron chi connectivity index (χ2n) is 5.15. The van der Waals surface area contributed by atoms with E-state index in [1.165, 1.54) is 12.1 Å². The zero-order chi connectivity index (χ0) is 17.7. The molecule has 2 amide bonds. The summed E-state index contributed by atoms with van der Waals surface area (Å²) in [7, 11) is 1.68. The number of rotatable bonds is 5. The van der Waals surface area contributed by atoms with Crippen LogP contribution in [0.15, 0.2) is 46.9 Å². The van der Waals surface area contributed by atoms with E-state index in [1.807, 2.05) is 24.3 Å². The Morgan fingerprint density at radius 2 is 1.88 bits per heavy atom. The molecular formula is C17H15BrCl2N2O2. The molecule has 0 bridgehead atoms. The molecule has 0 atom stereocenters. The number of nitrogens with one attached hydrogen (secondary N) is 1. The summed E-state index contributed by atoms with van der Waals surface area (Å²) in [6.45, 7) is 0.330. The first-order valence-corrected chi connectivity index (χ1v) is 8.64. The summed E-state index contributed by atoms with van der Waals surface area (Å²) in [6.07, 6.45) is 0. The van der Waals surface area contributed by atoms with Crippen LogP contribution in [0.5, 0.6) is 0 Å². The molecule has 0 aliphatic heterocycles. The van der Waals surface area contributed by atoms with Gasteiger partial charge < -0.3 is 10.2 Å². The van der Waals surface area contributed by atoms with Crippen molar-refractivity contribution in [1.82, 2.24) is 10.2 Å². The average Bonchev–Trinajstić information content (AvgIpc) is 2.54. The molecule has 0 aliphatic carbocycles. The lowest BCUT2D eigenvalue weighted by Crippen LogP contribution is -2.37. The van der Waals surface area contributed by atoms with Crippen LogP contribution < -0.4 is 5.32 Å². The zero-order valence-electron chi connectivity index (χ0n) is 12.9. The lowest BCUT2D eigenvalue weighted by Gasteiger charge is -2.18. The van der Waals surface area contributed by atoms with Gasteiger partial charge in [0, 0.05) is 23.1 Å². The Morgan fingerprint density at radius 3 is 2.54 bits per heavy atom. The van der Waals surface area contributed by atoms with Crippen molar-refractivity contribution in [1.29, 1.82) is 0 Å². The molecule has 0 radical (unpaired) electrons. The van der Waals surface area contributed by atoms with Gasteiger partial charge in [0.05, 0.1) is 17.1 Å². The molecule has 0 heterocycles. The van der Waals surface area contributed by atoms with E-state index in [-0.39, 0.29) is 23.0 Å². The van der Waals surface area contributed by atoms with Crippen LogP contribution in [-0.4, -0.2) is 30.3 Å². The van der Waals surface area contributed by atoms with Gasteiger partial charge in [0.25, 0.3) is 5.91 Å². The maximum atomic E-state index is 12.2. The second kappa shape index (κ2) is 8.51. The molecule has 0 aliphatic rings. The molecule has 126 valence electrons. The molecule has 1 N–H and O–H groups in total. The van der Waals surface area contributed by atoms with Gasteiger partial charge in [0.1, 0.15) is 0 Å². The number of benzene rings is 2. The summed E-state index contributed by atoms with van der Waals surface area (Å²) in [5.41, 5.74) is 1.27. The van der Waals surface area contributed by atoms with Gasteiger partial charge in [-0.1, -0.05) is 57.3 Å². The van der Waals surface area contributed by atoms with Crippen molar-refractivity contribution in [2.45, 2.75) is 6.54 Å². The molecule has 2 rings (SSSR count). The van der Waals surface area contributed by atoms with E-state index in [0.717, 1.165) is 10.0 Å². The Balaban J connectivity index is 1.92. The van der Waals surface area contributed by atoms with E-state index in [2.05, 4.69) is 21.2 Å². The minimum atomic E-state index is -0.417. The van der Waals surface area contributed by atoms with E-state index in [1.54, 1.807) is 18.0 Å². The highest BCUT2D eigenvalue weighted by molar-refractivity contribution is 9.10. The fourth-order valence-electron chi connectivity index (χ4n) is 2.03. The molecular weight excluding hydrogens is 415 g/mol. The Morgan fingerprint density at radius 1 is 1.17 bits per heavy atom. The third kappa shape index (κ3) is 4.97. The van der Waals surface area contributed by atoms with E-state index in [9.17, 15) is 9.59 Å². The Bertz CT molecular complexity index is 768. The van der Waals surface area contributed by atoms with Gasteiger partial charge in [-0.05, 0) is 29.8 Å². The van der Waals surface area contributed by atoms with Crippen LogP contribution in [0.4, 0.5) is 0 Å². The molecule has 7 heteroatoms. The molecule has 2 aromatic rings. The molecule has 0 spiro atoms. The fraction of sp³-hybridized carbons (Fsp3) is 0.176. The minimum Gasteiger partial charge on any atom is -0.343 e. The standard InChI is InChI=1S/C17H15BrCl2N2O2/c1-22(10-11-4-2-3-5-14(11)18)16(23)9-21-17(24)13-7-6-12(19)8-15(13)20/h2-8H,9-10H2,1H3,(H,21,24). The normalized spacial score (nSPS) is 10.3. The average molecular weight is 430 g/mol. The van der Waals surface area contributed by atoms with Crippen molar-refractivity contribution >= 4 is 50.9 Å². The second-order valence-corrected chi connectivity index (χ2v) is 6.85. The number of halogens is 3. The first kappa shape index (κ1) is 18.8. The first-order chi connectivity index (χ1) is 11.4. The maximum Gasteiger partial charge on any atom is 0.253 e. The number of hydrogen-bond acceptors (Lipinski definition) is 2. The molecule has 4 nitrogen and oxygen atoms in total. The molecule has 2 aromatic carbocycles. The summed E-state index contributed by atoms with van der Waals surface area (Å²) in [4.78, 5) is 25.8. The summed E-state index contributed by atoms with van der Waals surface area (Å²) in [5, 5.41) is 3.26. The molecule has 0 saturated heterocycles. The zero-order valence-corrected chi connectivity index (χ0v) is 16.0. The summed E-state index contributed by atoms with van der Waals surface area (Å²) < 4.78 is 0.932. The first-order valence-electron chi connectivity index (χ1n) is 7.09. The number of nitrogens with zero attached hydrogens (tertiary/aromatic N) is 1. The van der Waals surface area contributed by atoms with Gasteiger partial charge in [0.2, 0.25) is 5.91 Å². The van der Waals surface area contributed by atoms with E-state index in [4.69, 9.17) is 23.2 Å². The van der Waals surface area contributed by atoms with Gasteiger partial charge in [-0.3, -0.25) is 9.59 Å². The molecule has 24 heavy (non-hydrogen) atoms. The van der Waals surface area contributed by atoms with Crippen LogP contribution in [0, 0.1) is 0 Å². The Kier molecular flexibility index (Phi) is 6.66. The van der Waals surface area contributed by atoms with Crippen molar-refractivity contribution in [3.05, 3.63) is 68.1 Å². The largest absolute Gasteiger partial charge is 0.343 e. The SMILES string of the molecule is CN(Cc1ccccc1Br)C(=O)CNC(=O)c1ccc(Cl)cc1Cl. The van der Waals surface area contributed by atoms with Crippen LogP contribution in [0.1, 0.15) is 15.9 Å². The van der Waals surface area contributed by atoms with Crippen LogP contribution in [0.25, 0.3) is 0 Å². The minimum absolute atomic E-state index is 0.112. The van der Waals surface area contributed by atoms with Gasteiger partial charge >= 0.3 is 0 Å². The van der Waals surface area contributed by atoms with Crippen molar-refractivity contribution in [2.24, 2.45) is 0 Å². The number of amides is 2. The van der Waals surface area contributed by atoms with Gasteiger partial charge in [-0.2, -0.15) is 0 Å². The Hall–Kier alpha value is -1.56. The maximum absolute atomic E-state index is 12.2. The highest BCUT2D eigenvalue weighted by Gasteiger charge is 2.15. The predicted molar refractivity (Wildman–Crippen MR) is 99.4 cm³/mol. The number of carbonyl (C=O) groups excluding carboxylic acids is 2. The monoisotopic (exact) mass is 428 g/mol. The topological polar surface area (TPSA) is 49.4 Å². The fourth-order valence-corrected chi connectivity index (χ4v) is 2.93. The molecule has 0 unspecified atom stereocenters. The molecule has 0 aromatic heterocycles. The smallest absolute Gasteiger partial charge is 0.253 e. The van der Waals surface area contributed by atoms with Gasteiger partial charge in [-0.25, -0.2) is 0 Å². The summed E-state index contributed by atoms with van der Waals surface area (Å²) >= 11 is 15.2. The van der Waals surface area contributed by atoms with Gasteiger partial charge in [0.15, 0.2) is 0 Å². The number of likely N-dealkylation sites (N-methyl/N-ethyl adjacent to an activating group) is 1. The van der Waals surface area contributed by atoms with Crippen molar-refractivity contribution < 1.29 is 9.59 Å². The van der Waals surface area contributed by atoms with E-state index in [0.29, 0.717) is 11.6 Å². The quantitative estimate of drug-likeness (QED) is 0.776. The van der Waals surface area contributed by atoms with Crippen molar-refractivity contribution in [3.8, 4) is 0 Å². The number of hydrogen-bond donors (Lipinski definition) is 1. The lowest BCUT2D eigenvalue weighted by molar-refractivity contribution is -0.129. The number of carbonyl (C=O) groups is 2.